The Morgan fingerprint density at radius 3 is 2.77 bits per heavy atom. The maximum Gasteiger partial charge on any atom is 0.202 e. The predicted octanol–water partition coefficient (Wildman–Crippen LogP) is 3.39. The molecule has 0 saturated heterocycles. The molecule has 0 saturated carbocycles. The fourth-order valence-corrected chi connectivity index (χ4v) is 3.11. The monoisotopic (exact) mass is 354 g/mol. The van der Waals surface area contributed by atoms with E-state index in [1.165, 1.54) is 13.2 Å². The second-order valence-electron chi connectivity index (χ2n) is 5.97. The third-order valence-corrected chi connectivity index (χ3v) is 4.40. The second kappa shape index (κ2) is 6.67. The van der Waals surface area contributed by atoms with E-state index in [1.54, 1.807) is 12.4 Å². The highest BCUT2D eigenvalue weighted by atomic mass is 19.2. The van der Waals surface area contributed by atoms with Crippen molar-refractivity contribution in [3.63, 3.8) is 0 Å². The summed E-state index contributed by atoms with van der Waals surface area (Å²) < 4.78 is 32.5. The van der Waals surface area contributed by atoms with Gasteiger partial charge in [-0.25, -0.2) is 14.4 Å². The molecular formula is C19H16F2N4O. The van der Waals surface area contributed by atoms with Crippen molar-refractivity contribution in [2.45, 2.75) is 13.0 Å². The van der Waals surface area contributed by atoms with E-state index in [0.29, 0.717) is 31.0 Å². The van der Waals surface area contributed by atoms with Crippen molar-refractivity contribution in [3.8, 4) is 17.3 Å². The van der Waals surface area contributed by atoms with Crippen LogP contribution >= 0.6 is 0 Å². The average molecular weight is 354 g/mol. The smallest absolute Gasteiger partial charge is 0.202 e. The minimum Gasteiger partial charge on any atom is -0.491 e. The van der Waals surface area contributed by atoms with Crippen molar-refractivity contribution in [1.82, 2.24) is 15.0 Å². The van der Waals surface area contributed by atoms with Gasteiger partial charge in [-0.1, -0.05) is 6.07 Å². The lowest BCUT2D eigenvalue weighted by atomic mass is 10.1. The first kappa shape index (κ1) is 16.4. The van der Waals surface area contributed by atoms with Crippen LogP contribution in [0.1, 0.15) is 11.3 Å². The van der Waals surface area contributed by atoms with E-state index in [0.717, 1.165) is 23.0 Å². The number of hydrogen-bond acceptors (Lipinski definition) is 5. The minimum absolute atomic E-state index is 0.0838. The van der Waals surface area contributed by atoms with Gasteiger partial charge in [0.2, 0.25) is 5.82 Å². The quantitative estimate of drug-likeness (QED) is 0.722. The molecule has 0 N–H and O–H groups in total. The van der Waals surface area contributed by atoms with Crippen LogP contribution in [0.4, 0.5) is 14.5 Å². The number of rotatable bonds is 3. The number of pyridine rings is 1. The Kier molecular flexibility index (Phi) is 4.20. The van der Waals surface area contributed by atoms with Gasteiger partial charge in [-0.3, -0.25) is 4.98 Å². The van der Waals surface area contributed by atoms with Gasteiger partial charge in [-0.05, 0) is 24.3 Å². The highest BCUT2D eigenvalue weighted by molar-refractivity contribution is 5.60. The van der Waals surface area contributed by atoms with Gasteiger partial charge in [0, 0.05) is 37.5 Å². The van der Waals surface area contributed by atoms with E-state index < -0.39 is 11.6 Å². The summed E-state index contributed by atoms with van der Waals surface area (Å²) in [6.45, 7) is 1.12. The van der Waals surface area contributed by atoms with Crippen molar-refractivity contribution in [1.29, 1.82) is 0 Å². The SMILES string of the molecule is COc1c(N2CCc3nc(-c4ccccn4)ncc3C2)ccc(F)c1F. The number of hydrogen-bond donors (Lipinski definition) is 0. The standard InChI is InChI=1S/C19H16F2N4O/c1-26-18-16(6-5-13(20)17(18)21)25-9-7-14-12(11-25)10-23-19(24-14)15-4-2-3-8-22-15/h2-6,8,10H,7,9,11H2,1H3. The molecule has 1 aliphatic heterocycles. The Labute approximate surface area is 149 Å². The van der Waals surface area contributed by atoms with Crippen LogP contribution in [0.2, 0.25) is 0 Å². The summed E-state index contributed by atoms with van der Waals surface area (Å²) in [5.41, 5.74) is 3.13. The van der Waals surface area contributed by atoms with Gasteiger partial charge in [0.05, 0.1) is 18.5 Å². The van der Waals surface area contributed by atoms with Crippen LogP contribution in [0, 0.1) is 11.6 Å². The van der Waals surface area contributed by atoms with Crippen molar-refractivity contribution in [3.05, 3.63) is 65.6 Å². The first-order valence-corrected chi connectivity index (χ1v) is 8.20. The molecule has 132 valence electrons. The molecule has 0 unspecified atom stereocenters. The molecule has 26 heavy (non-hydrogen) atoms. The molecule has 0 aliphatic carbocycles. The molecule has 0 radical (unpaired) electrons. The van der Waals surface area contributed by atoms with Crippen LogP contribution in [0.5, 0.6) is 5.75 Å². The predicted molar refractivity (Wildman–Crippen MR) is 92.9 cm³/mol. The molecule has 1 aliphatic rings. The zero-order valence-corrected chi connectivity index (χ0v) is 14.1. The number of aromatic nitrogens is 3. The van der Waals surface area contributed by atoms with E-state index in [-0.39, 0.29) is 5.75 Å². The zero-order valence-electron chi connectivity index (χ0n) is 14.1. The average Bonchev–Trinajstić information content (AvgIpc) is 2.70. The van der Waals surface area contributed by atoms with Crippen LogP contribution in [-0.4, -0.2) is 28.6 Å². The van der Waals surface area contributed by atoms with Crippen molar-refractivity contribution in [2.75, 3.05) is 18.6 Å². The van der Waals surface area contributed by atoms with Gasteiger partial charge in [-0.15, -0.1) is 0 Å². The van der Waals surface area contributed by atoms with Gasteiger partial charge in [-0.2, -0.15) is 4.39 Å². The van der Waals surface area contributed by atoms with Crippen LogP contribution in [-0.2, 0) is 13.0 Å². The number of benzene rings is 1. The molecule has 5 nitrogen and oxygen atoms in total. The molecule has 4 rings (SSSR count). The maximum absolute atomic E-state index is 14.0. The van der Waals surface area contributed by atoms with Crippen molar-refractivity contribution in [2.24, 2.45) is 0 Å². The molecule has 1 aromatic carbocycles. The molecule has 3 heterocycles. The fourth-order valence-electron chi connectivity index (χ4n) is 3.11. The third kappa shape index (κ3) is 2.85. The lowest BCUT2D eigenvalue weighted by Gasteiger charge is -2.31. The number of nitrogens with zero attached hydrogens (tertiary/aromatic N) is 4. The van der Waals surface area contributed by atoms with E-state index in [9.17, 15) is 8.78 Å². The minimum atomic E-state index is -0.974. The second-order valence-corrected chi connectivity index (χ2v) is 5.97. The van der Waals surface area contributed by atoms with Gasteiger partial charge < -0.3 is 9.64 Å². The van der Waals surface area contributed by atoms with Crippen LogP contribution in [0.25, 0.3) is 11.5 Å². The number of halogens is 2. The summed E-state index contributed by atoms with van der Waals surface area (Å²) in [6.07, 6.45) is 4.14. The number of anilines is 1. The normalized spacial score (nSPS) is 13.4. The summed E-state index contributed by atoms with van der Waals surface area (Å²) in [5.74, 6) is -1.40. The van der Waals surface area contributed by atoms with Crippen LogP contribution in [0.3, 0.4) is 0 Å². The highest BCUT2D eigenvalue weighted by Crippen LogP contribution is 2.35. The largest absolute Gasteiger partial charge is 0.491 e. The van der Waals surface area contributed by atoms with Gasteiger partial charge in [0.1, 0.15) is 5.69 Å². The van der Waals surface area contributed by atoms with E-state index >= 15 is 0 Å². The summed E-state index contributed by atoms with van der Waals surface area (Å²) in [4.78, 5) is 15.2. The first-order chi connectivity index (χ1) is 12.7. The van der Waals surface area contributed by atoms with Crippen molar-refractivity contribution < 1.29 is 13.5 Å². The topological polar surface area (TPSA) is 51.1 Å². The zero-order chi connectivity index (χ0) is 18.1. The lowest BCUT2D eigenvalue weighted by Crippen LogP contribution is -2.31. The van der Waals surface area contributed by atoms with E-state index in [4.69, 9.17) is 4.74 Å². The Balaban J connectivity index is 1.64. The number of fused-ring (bicyclic) bond motifs is 1. The molecule has 0 spiro atoms. The van der Waals surface area contributed by atoms with Gasteiger partial charge >= 0.3 is 0 Å². The Morgan fingerprint density at radius 2 is 2.00 bits per heavy atom. The molecule has 2 aromatic heterocycles. The van der Waals surface area contributed by atoms with Crippen LogP contribution in [0.15, 0.2) is 42.7 Å². The van der Waals surface area contributed by atoms with E-state index in [2.05, 4.69) is 15.0 Å². The highest BCUT2D eigenvalue weighted by Gasteiger charge is 2.24. The Morgan fingerprint density at radius 1 is 1.12 bits per heavy atom. The van der Waals surface area contributed by atoms with E-state index in [1.807, 2.05) is 23.1 Å². The molecule has 0 amide bonds. The number of methoxy groups -OCH3 is 1. The Bertz CT molecular complexity index is 950. The van der Waals surface area contributed by atoms with Gasteiger partial charge in [0.25, 0.3) is 0 Å². The molecular weight excluding hydrogens is 338 g/mol. The van der Waals surface area contributed by atoms with Gasteiger partial charge in [0.15, 0.2) is 17.4 Å². The third-order valence-electron chi connectivity index (χ3n) is 4.40. The molecule has 0 atom stereocenters. The molecule has 0 bridgehead atoms. The molecule has 7 heteroatoms. The number of ether oxygens (including phenoxy) is 1. The molecule has 0 fully saturated rings. The summed E-state index contributed by atoms with van der Waals surface area (Å²) in [7, 11) is 1.33. The first-order valence-electron chi connectivity index (χ1n) is 8.20. The summed E-state index contributed by atoms with van der Waals surface area (Å²) in [5, 5.41) is 0. The van der Waals surface area contributed by atoms with Crippen molar-refractivity contribution >= 4 is 5.69 Å². The van der Waals surface area contributed by atoms with Crippen LogP contribution < -0.4 is 9.64 Å². The lowest BCUT2D eigenvalue weighted by molar-refractivity contribution is 0.371. The summed E-state index contributed by atoms with van der Waals surface area (Å²) >= 11 is 0. The summed E-state index contributed by atoms with van der Waals surface area (Å²) in [6, 6.07) is 8.25. The molecule has 3 aromatic rings. The Hall–Kier alpha value is -3.09. The fraction of sp³-hybridized carbons (Fsp3) is 0.211. The maximum atomic E-state index is 14.0.